The molecule has 0 aliphatic heterocycles. The summed E-state index contributed by atoms with van der Waals surface area (Å²) in [6.07, 6.45) is 0. The number of carbonyl (C=O) groups is 2. The van der Waals surface area contributed by atoms with Crippen LogP contribution in [-0.4, -0.2) is 31.8 Å². The first-order valence-electron chi connectivity index (χ1n) is 9.59. The van der Waals surface area contributed by atoms with Crippen LogP contribution in [0.5, 0.6) is 11.5 Å². The van der Waals surface area contributed by atoms with Crippen LogP contribution in [0.15, 0.2) is 71.6 Å². The van der Waals surface area contributed by atoms with Gasteiger partial charge in [-0.1, -0.05) is 12.1 Å². The number of benzene rings is 3. The number of nitrogens with zero attached hydrogens (tertiary/aromatic N) is 1. The first-order valence-corrected chi connectivity index (χ1v) is 10.6. The van der Waals surface area contributed by atoms with Crippen LogP contribution in [0.25, 0.3) is 0 Å². The largest absolute Gasteiger partial charge is 0.493 e. The van der Waals surface area contributed by atoms with E-state index in [0.29, 0.717) is 38.9 Å². The monoisotopic (exact) mass is 447 g/mol. The number of methoxy groups -OCH3 is 2. The summed E-state index contributed by atoms with van der Waals surface area (Å²) in [6.45, 7) is 0. The highest BCUT2D eigenvalue weighted by atomic mass is 32.2. The van der Waals surface area contributed by atoms with Crippen molar-refractivity contribution >= 4 is 35.0 Å². The van der Waals surface area contributed by atoms with Crippen molar-refractivity contribution in [3.63, 3.8) is 0 Å². The van der Waals surface area contributed by atoms with E-state index in [1.54, 1.807) is 67.8 Å². The third kappa shape index (κ3) is 5.80. The standard InChI is InChI=1S/C24H21N3O4S/c1-30-20-12-11-18(13-21(20)31-2)26-23(28)15-32-22-6-4-3-5-19(22)24(29)27-17-9-7-16(14-25)8-10-17/h3-13H,15H2,1-2H3,(H,26,28)(H,27,29). The lowest BCUT2D eigenvalue weighted by molar-refractivity contribution is -0.113. The first kappa shape index (κ1) is 22.7. The van der Waals surface area contributed by atoms with Gasteiger partial charge in [-0.15, -0.1) is 11.8 Å². The molecule has 0 radical (unpaired) electrons. The number of nitriles is 1. The van der Waals surface area contributed by atoms with E-state index in [1.807, 2.05) is 12.1 Å². The minimum Gasteiger partial charge on any atom is -0.493 e. The molecule has 0 aliphatic rings. The van der Waals surface area contributed by atoms with Crippen LogP contribution >= 0.6 is 11.8 Å². The van der Waals surface area contributed by atoms with E-state index in [2.05, 4.69) is 10.6 Å². The molecule has 7 nitrogen and oxygen atoms in total. The Morgan fingerprint density at radius 2 is 1.59 bits per heavy atom. The summed E-state index contributed by atoms with van der Waals surface area (Å²) in [7, 11) is 3.07. The molecule has 0 saturated heterocycles. The molecule has 2 N–H and O–H groups in total. The highest BCUT2D eigenvalue weighted by Crippen LogP contribution is 2.30. The van der Waals surface area contributed by atoms with Crippen molar-refractivity contribution in [1.29, 1.82) is 5.26 Å². The van der Waals surface area contributed by atoms with Gasteiger partial charge in [0.05, 0.1) is 37.2 Å². The van der Waals surface area contributed by atoms with Gasteiger partial charge in [0.25, 0.3) is 5.91 Å². The number of nitrogens with one attached hydrogen (secondary N) is 2. The van der Waals surface area contributed by atoms with Crippen molar-refractivity contribution in [2.24, 2.45) is 0 Å². The highest BCUT2D eigenvalue weighted by molar-refractivity contribution is 8.00. The smallest absolute Gasteiger partial charge is 0.256 e. The second kappa shape index (κ2) is 10.9. The number of hydrogen-bond donors (Lipinski definition) is 2. The molecular weight excluding hydrogens is 426 g/mol. The molecule has 162 valence electrons. The molecule has 0 atom stereocenters. The molecule has 0 bridgehead atoms. The van der Waals surface area contributed by atoms with Gasteiger partial charge in [-0.25, -0.2) is 0 Å². The number of rotatable bonds is 8. The van der Waals surface area contributed by atoms with Gasteiger partial charge in [0.1, 0.15) is 0 Å². The van der Waals surface area contributed by atoms with Crippen molar-refractivity contribution in [1.82, 2.24) is 0 Å². The topological polar surface area (TPSA) is 100 Å². The molecule has 3 aromatic carbocycles. The minimum atomic E-state index is -0.293. The van der Waals surface area contributed by atoms with Gasteiger partial charge < -0.3 is 20.1 Å². The summed E-state index contributed by atoms with van der Waals surface area (Å²) in [6, 6.07) is 20.8. The molecule has 0 unspecified atom stereocenters. The van der Waals surface area contributed by atoms with E-state index in [4.69, 9.17) is 14.7 Å². The van der Waals surface area contributed by atoms with Crippen LogP contribution in [0.1, 0.15) is 15.9 Å². The third-order valence-corrected chi connectivity index (χ3v) is 5.50. The average molecular weight is 448 g/mol. The van der Waals surface area contributed by atoms with Crippen LogP contribution in [0, 0.1) is 11.3 Å². The maximum absolute atomic E-state index is 12.7. The Balaban J connectivity index is 1.63. The minimum absolute atomic E-state index is 0.121. The van der Waals surface area contributed by atoms with E-state index < -0.39 is 0 Å². The molecule has 32 heavy (non-hydrogen) atoms. The Kier molecular flexibility index (Phi) is 7.73. The number of carbonyl (C=O) groups excluding carboxylic acids is 2. The maximum atomic E-state index is 12.7. The van der Waals surface area contributed by atoms with E-state index in [0.717, 1.165) is 0 Å². The van der Waals surface area contributed by atoms with E-state index in [-0.39, 0.29) is 17.6 Å². The Morgan fingerprint density at radius 1 is 0.906 bits per heavy atom. The fourth-order valence-corrected chi connectivity index (χ4v) is 3.71. The second-order valence-electron chi connectivity index (χ2n) is 6.55. The fourth-order valence-electron chi connectivity index (χ4n) is 2.86. The second-order valence-corrected chi connectivity index (χ2v) is 7.56. The summed E-state index contributed by atoms with van der Waals surface area (Å²) in [4.78, 5) is 25.9. The SMILES string of the molecule is COc1ccc(NC(=O)CSc2ccccc2C(=O)Nc2ccc(C#N)cc2)cc1OC. The molecular formula is C24H21N3O4S. The van der Waals surface area contributed by atoms with Gasteiger partial charge in [0.2, 0.25) is 5.91 Å². The number of hydrogen-bond acceptors (Lipinski definition) is 6. The van der Waals surface area contributed by atoms with Gasteiger partial charge in [0, 0.05) is 22.3 Å². The van der Waals surface area contributed by atoms with Gasteiger partial charge in [0.15, 0.2) is 11.5 Å². The molecule has 3 aromatic rings. The lowest BCUT2D eigenvalue weighted by Gasteiger charge is -2.12. The zero-order valence-electron chi connectivity index (χ0n) is 17.5. The Bertz CT molecular complexity index is 1160. The zero-order valence-corrected chi connectivity index (χ0v) is 18.4. The van der Waals surface area contributed by atoms with Crippen LogP contribution in [-0.2, 0) is 4.79 Å². The average Bonchev–Trinajstić information content (AvgIpc) is 2.83. The molecule has 0 saturated carbocycles. The van der Waals surface area contributed by atoms with Crippen LogP contribution in [0.3, 0.4) is 0 Å². The van der Waals surface area contributed by atoms with Crippen molar-refractivity contribution in [2.75, 3.05) is 30.6 Å². The predicted molar refractivity (Wildman–Crippen MR) is 124 cm³/mol. The number of thioether (sulfide) groups is 1. The zero-order chi connectivity index (χ0) is 22.9. The summed E-state index contributed by atoms with van der Waals surface area (Å²) < 4.78 is 10.4. The molecule has 0 aliphatic carbocycles. The Morgan fingerprint density at radius 3 is 2.28 bits per heavy atom. The van der Waals surface area contributed by atoms with Crippen LogP contribution < -0.4 is 20.1 Å². The molecule has 3 rings (SSSR count). The molecule has 0 fully saturated rings. The Hall–Kier alpha value is -3.96. The van der Waals surface area contributed by atoms with Crippen LogP contribution in [0.4, 0.5) is 11.4 Å². The fraction of sp³-hybridized carbons (Fsp3) is 0.125. The maximum Gasteiger partial charge on any atom is 0.256 e. The van der Waals surface area contributed by atoms with E-state index in [1.165, 1.54) is 18.9 Å². The quantitative estimate of drug-likeness (QED) is 0.491. The normalized spacial score (nSPS) is 10.0. The van der Waals surface area contributed by atoms with E-state index >= 15 is 0 Å². The van der Waals surface area contributed by atoms with Crippen molar-refractivity contribution in [3.05, 3.63) is 77.9 Å². The third-order valence-electron chi connectivity index (χ3n) is 4.43. The van der Waals surface area contributed by atoms with Crippen molar-refractivity contribution < 1.29 is 19.1 Å². The van der Waals surface area contributed by atoms with Gasteiger partial charge >= 0.3 is 0 Å². The summed E-state index contributed by atoms with van der Waals surface area (Å²) in [5.41, 5.74) is 2.14. The summed E-state index contributed by atoms with van der Waals surface area (Å²) in [5.74, 6) is 0.697. The first-order chi connectivity index (χ1) is 15.5. The van der Waals surface area contributed by atoms with E-state index in [9.17, 15) is 9.59 Å². The molecule has 0 aromatic heterocycles. The van der Waals surface area contributed by atoms with Crippen molar-refractivity contribution in [3.8, 4) is 17.6 Å². The van der Waals surface area contributed by atoms with Crippen LogP contribution in [0.2, 0.25) is 0 Å². The molecule has 2 amide bonds. The van der Waals surface area contributed by atoms with Crippen molar-refractivity contribution in [2.45, 2.75) is 4.90 Å². The number of anilines is 2. The molecule has 0 heterocycles. The van der Waals surface area contributed by atoms with Gasteiger partial charge in [-0.2, -0.15) is 5.26 Å². The van der Waals surface area contributed by atoms with Gasteiger partial charge in [-0.3, -0.25) is 9.59 Å². The van der Waals surface area contributed by atoms with Gasteiger partial charge in [-0.05, 0) is 48.5 Å². The predicted octanol–water partition coefficient (Wildman–Crippen LogP) is 4.56. The molecule has 0 spiro atoms. The Labute approximate surface area is 190 Å². The lowest BCUT2D eigenvalue weighted by Crippen LogP contribution is -2.16. The summed E-state index contributed by atoms with van der Waals surface area (Å²) in [5, 5.41) is 14.5. The number of ether oxygens (including phenoxy) is 2. The highest BCUT2D eigenvalue weighted by Gasteiger charge is 2.14. The number of amides is 2. The lowest BCUT2D eigenvalue weighted by atomic mass is 10.2. The summed E-state index contributed by atoms with van der Waals surface area (Å²) >= 11 is 1.27. The molecule has 8 heteroatoms.